The molecule has 1 amide bonds. The standard InChI is InChI=1S/C20H24N6O/c1-3-16-17(13-21)19(25-24-18(16)4-2)23-15-7-11-26(12-8-15)20(27)14-5-9-22-10-6-14/h5-6,9-10,15H,3-4,7-8,11-12H2,1-2H3,(H,23,25). The summed E-state index contributed by atoms with van der Waals surface area (Å²) in [7, 11) is 0. The van der Waals surface area contributed by atoms with Gasteiger partial charge >= 0.3 is 0 Å². The highest BCUT2D eigenvalue weighted by Crippen LogP contribution is 2.23. The van der Waals surface area contributed by atoms with Gasteiger partial charge in [0.25, 0.3) is 5.91 Å². The SMILES string of the molecule is CCc1nnc(NC2CCN(C(=O)c3ccncc3)CC2)c(C#N)c1CC. The Morgan fingerprint density at radius 2 is 1.93 bits per heavy atom. The lowest BCUT2D eigenvalue weighted by Crippen LogP contribution is -2.42. The summed E-state index contributed by atoms with van der Waals surface area (Å²) in [5.41, 5.74) is 3.12. The van der Waals surface area contributed by atoms with E-state index in [2.05, 4.69) is 26.6 Å². The lowest BCUT2D eigenvalue weighted by molar-refractivity contribution is 0.0718. The molecule has 140 valence electrons. The molecule has 7 nitrogen and oxygen atoms in total. The molecule has 1 fully saturated rings. The molecule has 0 saturated carbocycles. The number of carbonyl (C=O) groups excluding carboxylic acids is 1. The van der Waals surface area contributed by atoms with Crippen LogP contribution in [0.5, 0.6) is 0 Å². The molecular formula is C20H24N6O. The third kappa shape index (κ3) is 4.05. The first kappa shape index (κ1) is 18.8. The topological polar surface area (TPSA) is 94.8 Å². The van der Waals surface area contributed by atoms with Gasteiger partial charge < -0.3 is 10.2 Å². The number of amides is 1. The minimum Gasteiger partial charge on any atom is -0.365 e. The number of nitriles is 1. The van der Waals surface area contributed by atoms with Gasteiger partial charge in [0.1, 0.15) is 11.6 Å². The fraction of sp³-hybridized carbons (Fsp3) is 0.450. The average molecular weight is 364 g/mol. The minimum absolute atomic E-state index is 0.0360. The molecule has 1 aliphatic heterocycles. The predicted molar refractivity (Wildman–Crippen MR) is 102 cm³/mol. The fourth-order valence-electron chi connectivity index (χ4n) is 3.49. The number of aryl methyl sites for hydroxylation is 1. The number of nitrogens with one attached hydrogen (secondary N) is 1. The van der Waals surface area contributed by atoms with Crippen molar-refractivity contribution in [1.29, 1.82) is 5.26 Å². The van der Waals surface area contributed by atoms with E-state index in [0.717, 1.165) is 36.9 Å². The summed E-state index contributed by atoms with van der Waals surface area (Å²) in [6.45, 7) is 5.39. The van der Waals surface area contributed by atoms with Gasteiger partial charge in [-0.25, -0.2) is 0 Å². The Balaban J connectivity index is 1.66. The zero-order valence-corrected chi connectivity index (χ0v) is 15.8. The number of carbonyl (C=O) groups is 1. The Hall–Kier alpha value is -3.01. The number of nitrogens with zero attached hydrogens (tertiary/aromatic N) is 5. The molecule has 0 unspecified atom stereocenters. The molecule has 2 aromatic heterocycles. The van der Waals surface area contributed by atoms with Crippen molar-refractivity contribution in [3.8, 4) is 6.07 Å². The number of pyridine rings is 1. The first-order chi connectivity index (χ1) is 13.2. The van der Waals surface area contributed by atoms with Crippen LogP contribution >= 0.6 is 0 Å². The molecule has 0 aliphatic carbocycles. The number of anilines is 1. The highest BCUT2D eigenvalue weighted by molar-refractivity contribution is 5.94. The molecule has 1 N–H and O–H groups in total. The maximum absolute atomic E-state index is 12.5. The van der Waals surface area contributed by atoms with Crippen LogP contribution in [0.3, 0.4) is 0 Å². The van der Waals surface area contributed by atoms with Crippen LogP contribution in [0, 0.1) is 11.3 Å². The number of likely N-dealkylation sites (tertiary alicyclic amines) is 1. The number of hydrogen-bond acceptors (Lipinski definition) is 6. The van der Waals surface area contributed by atoms with Gasteiger partial charge in [-0.2, -0.15) is 10.4 Å². The van der Waals surface area contributed by atoms with Crippen molar-refractivity contribution in [2.75, 3.05) is 18.4 Å². The molecule has 3 heterocycles. The minimum atomic E-state index is 0.0360. The van der Waals surface area contributed by atoms with Crippen LogP contribution in [0.25, 0.3) is 0 Å². The second-order valence-corrected chi connectivity index (χ2v) is 6.61. The zero-order valence-electron chi connectivity index (χ0n) is 15.8. The summed E-state index contributed by atoms with van der Waals surface area (Å²) in [5, 5.41) is 21.5. The Bertz CT molecular complexity index is 838. The molecule has 2 aromatic rings. The van der Waals surface area contributed by atoms with Crippen LogP contribution in [-0.4, -0.2) is 45.1 Å². The number of rotatable bonds is 5. The van der Waals surface area contributed by atoms with E-state index in [9.17, 15) is 10.1 Å². The van der Waals surface area contributed by atoms with Gasteiger partial charge in [-0.1, -0.05) is 13.8 Å². The van der Waals surface area contributed by atoms with Crippen LogP contribution in [0.1, 0.15) is 53.9 Å². The van der Waals surface area contributed by atoms with E-state index in [1.165, 1.54) is 0 Å². The van der Waals surface area contributed by atoms with Crippen LogP contribution in [0.15, 0.2) is 24.5 Å². The lowest BCUT2D eigenvalue weighted by Gasteiger charge is -2.32. The number of piperidine rings is 1. The van der Waals surface area contributed by atoms with Crippen molar-refractivity contribution in [1.82, 2.24) is 20.1 Å². The van der Waals surface area contributed by atoms with Gasteiger partial charge in [0.05, 0.1) is 5.69 Å². The lowest BCUT2D eigenvalue weighted by atomic mass is 10.0. The number of hydrogen-bond donors (Lipinski definition) is 1. The molecule has 1 saturated heterocycles. The summed E-state index contributed by atoms with van der Waals surface area (Å²) in [4.78, 5) is 18.3. The predicted octanol–water partition coefficient (Wildman–Crippen LogP) is 2.58. The molecular weight excluding hydrogens is 340 g/mol. The summed E-state index contributed by atoms with van der Waals surface area (Å²) in [6.07, 6.45) is 6.40. The van der Waals surface area contributed by atoms with Crippen molar-refractivity contribution in [2.45, 2.75) is 45.6 Å². The second-order valence-electron chi connectivity index (χ2n) is 6.61. The molecule has 0 radical (unpaired) electrons. The highest BCUT2D eigenvalue weighted by atomic mass is 16.2. The van der Waals surface area contributed by atoms with Crippen molar-refractivity contribution >= 4 is 11.7 Å². The van der Waals surface area contributed by atoms with E-state index in [-0.39, 0.29) is 11.9 Å². The Kier molecular flexibility index (Phi) is 5.97. The van der Waals surface area contributed by atoms with Crippen molar-refractivity contribution < 1.29 is 4.79 Å². The van der Waals surface area contributed by atoms with Gasteiger partial charge in [-0.15, -0.1) is 5.10 Å². The Labute approximate surface area is 159 Å². The van der Waals surface area contributed by atoms with Gasteiger partial charge in [0.15, 0.2) is 5.82 Å². The summed E-state index contributed by atoms with van der Waals surface area (Å²) >= 11 is 0. The Morgan fingerprint density at radius 1 is 1.22 bits per heavy atom. The van der Waals surface area contributed by atoms with Gasteiger partial charge in [0.2, 0.25) is 0 Å². The average Bonchev–Trinajstić information content (AvgIpc) is 2.73. The van der Waals surface area contributed by atoms with Gasteiger partial charge in [-0.3, -0.25) is 9.78 Å². The van der Waals surface area contributed by atoms with E-state index >= 15 is 0 Å². The van der Waals surface area contributed by atoms with E-state index in [1.807, 2.05) is 18.7 Å². The van der Waals surface area contributed by atoms with E-state index in [1.54, 1.807) is 24.5 Å². The van der Waals surface area contributed by atoms with Crippen molar-refractivity contribution in [3.63, 3.8) is 0 Å². The summed E-state index contributed by atoms with van der Waals surface area (Å²) in [5.74, 6) is 0.597. The van der Waals surface area contributed by atoms with Crippen LogP contribution in [0.4, 0.5) is 5.82 Å². The number of aromatic nitrogens is 3. The molecule has 0 atom stereocenters. The maximum Gasteiger partial charge on any atom is 0.253 e. The largest absolute Gasteiger partial charge is 0.365 e. The third-order valence-corrected chi connectivity index (χ3v) is 5.01. The van der Waals surface area contributed by atoms with Crippen LogP contribution in [-0.2, 0) is 12.8 Å². The normalized spacial score (nSPS) is 14.6. The van der Waals surface area contributed by atoms with E-state index < -0.39 is 0 Å². The van der Waals surface area contributed by atoms with Crippen molar-refractivity contribution in [3.05, 3.63) is 46.9 Å². The molecule has 0 aromatic carbocycles. The molecule has 0 spiro atoms. The second kappa shape index (κ2) is 8.58. The summed E-state index contributed by atoms with van der Waals surface area (Å²) < 4.78 is 0. The van der Waals surface area contributed by atoms with Crippen molar-refractivity contribution in [2.24, 2.45) is 0 Å². The molecule has 7 heteroatoms. The zero-order chi connectivity index (χ0) is 19.2. The van der Waals surface area contributed by atoms with E-state index in [0.29, 0.717) is 30.0 Å². The maximum atomic E-state index is 12.5. The third-order valence-electron chi connectivity index (χ3n) is 5.01. The molecule has 1 aliphatic rings. The fourth-order valence-corrected chi connectivity index (χ4v) is 3.49. The van der Waals surface area contributed by atoms with Crippen LogP contribution < -0.4 is 5.32 Å². The first-order valence-corrected chi connectivity index (χ1v) is 9.42. The van der Waals surface area contributed by atoms with Gasteiger partial charge in [-0.05, 0) is 43.4 Å². The smallest absolute Gasteiger partial charge is 0.253 e. The Morgan fingerprint density at radius 3 is 2.52 bits per heavy atom. The highest BCUT2D eigenvalue weighted by Gasteiger charge is 2.25. The molecule has 3 rings (SSSR count). The van der Waals surface area contributed by atoms with Crippen LogP contribution in [0.2, 0.25) is 0 Å². The monoisotopic (exact) mass is 364 g/mol. The molecule has 27 heavy (non-hydrogen) atoms. The summed E-state index contributed by atoms with van der Waals surface area (Å²) in [6, 6.07) is 5.94. The van der Waals surface area contributed by atoms with Gasteiger partial charge in [0, 0.05) is 37.1 Å². The van der Waals surface area contributed by atoms with E-state index in [4.69, 9.17) is 0 Å². The quantitative estimate of drug-likeness (QED) is 0.876. The first-order valence-electron chi connectivity index (χ1n) is 9.42. The molecule has 0 bridgehead atoms.